The predicted molar refractivity (Wildman–Crippen MR) is 51.9 cm³/mol. The predicted octanol–water partition coefficient (Wildman–Crippen LogP) is -0.0364. The van der Waals surface area contributed by atoms with E-state index in [1.54, 1.807) is 0 Å². The highest BCUT2D eigenvalue weighted by Gasteiger charge is 1.91. The molecule has 0 aromatic rings. The van der Waals surface area contributed by atoms with E-state index in [0.29, 0.717) is 19.8 Å². The first-order chi connectivity index (χ1) is 6.27. The highest BCUT2D eigenvalue weighted by molar-refractivity contribution is 4.42. The third-order valence-corrected chi connectivity index (χ3v) is 1.50. The summed E-state index contributed by atoms with van der Waals surface area (Å²) in [5.74, 6) is 0. The number of hydrogen-bond donors (Lipinski definition) is 1. The lowest BCUT2D eigenvalue weighted by molar-refractivity contribution is 0.0314. The molecular weight excluding hydrogens is 170 g/mol. The Bertz CT molecular complexity index is 98.9. The van der Waals surface area contributed by atoms with E-state index in [-0.39, 0.29) is 6.61 Å². The van der Waals surface area contributed by atoms with Crippen LogP contribution in [0.25, 0.3) is 0 Å². The maximum Gasteiger partial charge on any atom is 0.0701 e. The van der Waals surface area contributed by atoms with Crippen LogP contribution in [0.4, 0.5) is 0 Å². The van der Waals surface area contributed by atoms with Crippen LogP contribution in [0, 0.1) is 0 Å². The van der Waals surface area contributed by atoms with Gasteiger partial charge in [-0.05, 0) is 27.1 Å². The molecule has 0 saturated carbocycles. The summed E-state index contributed by atoms with van der Waals surface area (Å²) in [6.07, 6.45) is 1.05. The van der Waals surface area contributed by atoms with Crippen molar-refractivity contribution in [3.63, 3.8) is 0 Å². The molecule has 13 heavy (non-hydrogen) atoms. The fraction of sp³-hybridized carbons (Fsp3) is 1.00. The molecule has 0 fully saturated rings. The topological polar surface area (TPSA) is 41.9 Å². The van der Waals surface area contributed by atoms with E-state index in [1.165, 1.54) is 0 Å². The third-order valence-electron chi connectivity index (χ3n) is 1.50. The second kappa shape index (κ2) is 9.92. The van der Waals surface area contributed by atoms with Gasteiger partial charge in [0.05, 0.1) is 26.4 Å². The van der Waals surface area contributed by atoms with Crippen molar-refractivity contribution in [3.05, 3.63) is 0 Å². The van der Waals surface area contributed by atoms with E-state index in [1.807, 2.05) is 14.1 Å². The van der Waals surface area contributed by atoms with Gasteiger partial charge in [0, 0.05) is 6.61 Å². The van der Waals surface area contributed by atoms with Gasteiger partial charge in [-0.25, -0.2) is 0 Å². The molecule has 0 aliphatic carbocycles. The third kappa shape index (κ3) is 11.8. The fourth-order valence-corrected chi connectivity index (χ4v) is 0.869. The lowest BCUT2D eigenvalue weighted by Crippen LogP contribution is -2.15. The van der Waals surface area contributed by atoms with Crippen molar-refractivity contribution in [2.24, 2.45) is 0 Å². The molecule has 0 bridgehead atoms. The first kappa shape index (κ1) is 12.8. The lowest BCUT2D eigenvalue weighted by Gasteiger charge is -2.09. The minimum absolute atomic E-state index is 0.0840. The smallest absolute Gasteiger partial charge is 0.0701 e. The number of hydrogen-bond acceptors (Lipinski definition) is 4. The van der Waals surface area contributed by atoms with Crippen molar-refractivity contribution >= 4 is 0 Å². The Labute approximate surface area is 80.4 Å². The Morgan fingerprint density at radius 3 is 2.15 bits per heavy atom. The summed E-state index contributed by atoms with van der Waals surface area (Å²) in [7, 11) is 4.09. The average molecular weight is 191 g/mol. The maximum absolute atomic E-state index is 8.40. The second-order valence-electron chi connectivity index (χ2n) is 3.11. The highest BCUT2D eigenvalue weighted by Crippen LogP contribution is 1.85. The van der Waals surface area contributed by atoms with E-state index in [9.17, 15) is 0 Å². The number of rotatable bonds is 9. The molecule has 0 heterocycles. The molecule has 0 saturated heterocycles. The summed E-state index contributed by atoms with van der Waals surface area (Å²) in [6.45, 7) is 3.51. The molecule has 0 rings (SSSR count). The highest BCUT2D eigenvalue weighted by atomic mass is 16.5. The van der Waals surface area contributed by atoms with Gasteiger partial charge in [0.2, 0.25) is 0 Å². The molecule has 0 aliphatic heterocycles. The van der Waals surface area contributed by atoms with Crippen LogP contribution in [0.5, 0.6) is 0 Å². The second-order valence-corrected chi connectivity index (χ2v) is 3.11. The molecule has 4 nitrogen and oxygen atoms in total. The molecular formula is C9H21NO3. The summed E-state index contributed by atoms with van der Waals surface area (Å²) in [6, 6.07) is 0. The van der Waals surface area contributed by atoms with Crippen LogP contribution < -0.4 is 0 Å². The van der Waals surface area contributed by atoms with Crippen molar-refractivity contribution in [2.75, 3.05) is 53.7 Å². The van der Waals surface area contributed by atoms with E-state index in [4.69, 9.17) is 14.6 Å². The van der Waals surface area contributed by atoms with Gasteiger partial charge >= 0.3 is 0 Å². The molecule has 1 N–H and O–H groups in total. The van der Waals surface area contributed by atoms with Gasteiger partial charge in [-0.2, -0.15) is 0 Å². The van der Waals surface area contributed by atoms with Gasteiger partial charge in [-0.3, -0.25) is 0 Å². The Morgan fingerprint density at radius 1 is 1.00 bits per heavy atom. The van der Waals surface area contributed by atoms with E-state index in [0.717, 1.165) is 19.6 Å². The molecule has 0 atom stereocenters. The Hall–Kier alpha value is -0.160. The SMILES string of the molecule is CN(C)CCCOCCOCCO. The monoisotopic (exact) mass is 191 g/mol. The fourth-order valence-electron chi connectivity index (χ4n) is 0.869. The zero-order valence-corrected chi connectivity index (χ0v) is 8.66. The molecule has 80 valence electrons. The maximum atomic E-state index is 8.40. The summed E-state index contributed by atoms with van der Waals surface area (Å²) < 4.78 is 10.3. The van der Waals surface area contributed by atoms with Gasteiger partial charge in [0.25, 0.3) is 0 Å². The lowest BCUT2D eigenvalue weighted by atomic mass is 10.4. The minimum Gasteiger partial charge on any atom is -0.394 e. The number of nitrogens with zero attached hydrogens (tertiary/aromatic N) is 1. The van der Waals surface area contributed by atoms with E-state index in [2.05, 4.69) is 4.90 Å². The molecule has 0 radical (unpaired) electrons. The Balaban J connectivity index is 2.84. The molecule has 4 heteroatoms. The van der Waals surface area contributed by atoms with Crippen LogP contribution in [-0.4, -0.2) is 63.7 Å². The van der Waals surface area contributed by atoms with E-state index >= 15 is 0 Å². The van der Waals surface area contributed by atoms with Crippen molar-refractivity contribution in [2.45, 2.75) is 6.42 Å². The zero-order chi connectivity index (χ0) is 9.94. The molecule has 0 aliphatic rings. The van der Waals surface area contributed by atoms with E-state index < -0.39 is 0 Å². The van der Waals surface area contributed by atoms with Crippen LogP contribution in [0.2, 0.25) is 0 Å². The molecule has 0 aromatic carbocycles. The molecule has 0 aromatic heterocycles. The van der Waals surface area contributed by atoms with Gasteiger partial charge in [0.1, 0.15) is 0 Å². The number of aliphatic hydroxyl groups is 1. The zero-order valence-electron chi connectivity index (χ0n) is 8.66. The molecule has 0 spiro atoms. The average Bonchev–Trinajstić information content (AvgIpc) is 2.09. The van der Waals surface area contributed by atoms with Crippen LogP contribution in [0.15, 0.2) is 0 Å². The summed E-state index contributed by atoms with van der Waals surface area (Å²) in [5.41, 5.74) is 0. The summed E-state index contributed by atoms with van der Waals surface area (Å²) in [4.78, 5) is 2.13. The molecule has 0 amide bonds. The normalized spacial score (nSPS) is 11.1. The van der Waals surface area contributed by atoms with Crippen molar-refractivity contribution < 1.29 is 14.6 Å². The first-order valence-corrected chi connectivity index (χ1v) is 4.68. The summed E-state index contributed by atoms with van der Waals surface area (Å²) in [5, 5.41) is 8.40. The largest absolute Gasteiger partial charge is 0.394 e. The first-order valence-electron chi connectivity index (χ1n) is 4.68. The van der Waals surface area contributed by atoms with Gasteiger partial charge in [-0.15, -0.1) is 0 Å². The quantitative estimate of drug-likeness (QED) is 0.519. The van der Waals surface area contributed by atoms with Crippen molar-refractivity contribution in [1.29, 1.82) is 0 Å². The summed E-state index contributed by atoms with van der Waals surface area (Å²) >= 11 is 0. The van der Waals surface area contributed by atoms with Crippen molar-refractivity contribution in [1.82, 2.24) is 4.90 Å². The molecule has 0 unspecified atom stereocenters. The standard InChI is InChI=1S/C9H21NO3/c1-10(2)4-3-6-12-8-9-13-7-5-11/h11H,3-9H2,1-2H3. The minimum atomic E-state index is 0.0840. The van der Waals surface area contributed by atoms with Crippen LogP contribution >= 0.6 is 0 Å². The Morgan fingerprint density at radius 2 is 1.62 bits per heavy atom. The van der Waals surface area contributed by atoms with Gasteiger partial charge < -0.3 is 19.5 Å². The van der Waals surface area contributed by atoms with Crippen LogP contribution in [0.1, 0.15) is 6.42 Å². The number of ether oxygens (including phenoxy) is 2. The van der Waals surface area contributed by atoms with Crippen LogP contribution in [-0.2, 0) is 9.47 Å². The van der Waals surface area contributed by atoms with Crippen LogP contribution in [0.3, 0.4) is 0 Å². The van der Waals surface area contributed by atoms with Gasteiger partial charge in [0.15, 0.2) is 0 Å². The van der Waals surface area contributed by atoms with Crippen molar-refractivity contribution in [3.8, 4) is 0 Å². The van der Waals surface area contributed by atoms with Gasteiger partial charge in [-0.1, -0.05) is 0 Å². The Kier molecular flexibility index (Phi) is 9.80. The number of aliphatic hydroxyl groups excluding tert-OH is 1.